The van der Waals surface area contributed by atoms with E-state index in [-0.39, 0.29) is 6.61 Å². The second-order valence-electron chi connectivity index (χ2n) is 2.22. The largest absolute Gasteiger partial charge is 0.392 e. The van der Waals surface area contributed by atoms with Crippen LogP contribution in [0, 0.1) is 0 Å². The van der Waals surface area contributed by atoms with E-state index in [4.69, 9.17) is 5.11 Å². The molecule has 0 spiro atoms. The van der Waals surface area contributed by atoms with Gasteiger partial charge in [-0.15, -0.1) is 0 Å². The number of aliphatic hydroxyl groups is 1. The maximum Gasteiger partial charge on any atom is 0.0718 e. The van der Waals surface area contributed by atoms with E-state index in [9.17, 15) is 0 Å². The van der Waals surface area contributed by atoms with Gasteiger partial charge in [-0.2, -0.15) is 5.10 Å². The summed E-state index contributed by atoms with van der Waals surface area (Å²) in [6.07, 6.45) is 3.42. The van der Waals surface area contributed by atoms with Crippen LogP contribution in [0.4, 0.5) is 0 Å². The second-order valence-corrected chi connectivity index (χ2v) is 3.34. The average molecular weight is 217 g/mol. The summed E-state index contributed by atoms with van der Waals surface area (Å²) in [6, 6.07) is 0. The van der Waals surface area contributed by atoms with Gasteiger partial charge in [-0.05, 0) is 0 Å². The van der Waals surface area contributed by atoms with Crippen molar-refractivity contribution in [3.8, 4) is 0 Å². The van der Waals surface area contributed by atoms with Gasteiger partial charge in [0.15, 0.2) is 0 Å². The molecule has 0 unspecified atom stereocenters. The summed E-state index contributed by atoms with van der Waals surface area (Å²) >= 11 is 3.22. The van der Waals surface area contributed by atoms with Crippen LogP contribution in [0.1, 0.15) is 5.56 Å². The summed E-state index contributed by atoms with van der Waals surface area (Å²) in [4.78, 5) is 0. The van der Waals surface area contributed by atoms with Crippen LogP contribution < -0.4 is 0 Å². The topological polar surface area (TPSA) is 38.0 Å². The Balaban J connectivity index is 2.65. The smallest absolute Gasteiger partial charge is 0.0718 e. The zero-order valence-corrected chi connectivity index (χ0v) is 7.58. The maximum absolute atomic E-state index is 8.70. The second kappa shape index (κ2) is 3.69. The lowest BCUT2D eigenvalue weighted by molar-refractivity contribution is 0.281. The molecule has 0 radical (unpaired) electrons. The molecule has 0 aliphatic rings. The van der Waals surface area contributed by atoms with Gasteiger partial charge in [0.2, 0.25) is 0 Å². The van der Waals surface area contributed by atoms with Crippen molar-refractivity contribution in [3.05, 3.63) is 29.0 Å². The lowest BCUT2D eigenvalue weighted by Crippen LogP contribution is -1.96. The number of aliphatic hydroxyl groups excluding tert-OH is 1. The molecule has 0 aliphatic carbocycles. The SMILES string of the molecule is C=C(Br)Cn1cc(CO)cn1. The van der Waals surface area contributed by atoms with Gasteiger partial charge in [0.05, 0.1) is 19.3 Å². The standard InChI is InChI=1S/C7H9BrN2O/c1-6(8)3-10-4-7(5-11)2-9-10/h2,4,11H,1,3,5H2. The number of aromatic nitrogens is 2. The van der Waals surface area contributed by atoms with Crippen molar-refractivity contribution < 1.29 is 5.11 Å². The van der Waals surface area contributed by atoms with Gasteiger partial charge in [-0.3, -0.25) is 4.68 Å². The van der Waals surface area contributed by atoms with Crippen LogP contribution in [-0.4, -0.2) is 14.9 Å². The Kier molecular flexibility index (Phi) is 2.84. The first-order valence-corrected chi connectivity index (χ1v) is 3.97. The van der Waals surface area contributed by atoms with Gasteiger partial charge >= 0.3 is 0 Å². The Morgan fingerprint density at radius 2 is 2.55 bits per heavy atom. The van der Waals surface area contributed by atoms with Crippen LogP contribution in [0.2, 0.25) is 0 Å². The summed E-state index contributed by atoms with van der Waals surface area (Å²) in [7, 11) is 0. The molecule has 0 amide bonds. The summed E-state index contributed by atoms with van der Waals surface area (Å²) in [6.45, 7) is 4.35. The molecular weight excluding hydrogens is 208 g/mol. The summed E-state index contributed by atoms with van der Waals surface area (Å²) in [5, 5.41) is 12.7. The summed E-state index contributed by atoms with van der Waals surface area (Å²) in [5.74, 6) is 0. The lowest BCUT2D eigenvalue weighted by Gasteiger charge is -1.96. The van der Waals surface area contributed by atoms with Crippen molar-refractivity contribution in [2.75, 3.05) is 0 Å². The average Bonchev–Trinajstić information content (AvgIpc) is 2.34. The van der Waals surface area contributed by atoms with E-state index in [1.165, 1.54) is 0 Å². The van der Waals surface area contributed by atoms with E-state index in [0.717, 1.165) is 10.0 Å². The monoisotopic (exact) mass is 216 g/mol. The van der Waals surface area contributed by atoms with Gasteiger partial charge in [0.1, 0.15) is 0 Å². The Hall–Kier alpha value is -0.610. The van der Waals surface area contributed by atoms with Crippen LogP contribution in [-0.2, 0) is 13.2 Å². The summed E-state index contributed by atoms with van der Waals surface area (Å²) < 4.78 is 2.58. The normalized spacial score (nSPS) is 10.0. The minimum Gasteiger partial charge on any atom is -0.392 e. The molecule has 1 N–H and O–H groups in total. The molecule has 1 aromatic heterocycles. The molecule has 1 heterocycles. The third kappa shape index (κ3) is 2.48. The quantitative estimate of drug-likeness (QED) is 0.828. The number of hydrogen-bond donors (Lipinski definition) is 1. The molecular formula is C7H9BrN2O. The fraction of sp³-hybridized carbons (Fsp3) is 0.286. The number of allylic oxidation sites excluding steroid dienone is 1. The molecule has 0 atom stereocenters. The first kappa shape index (κ1) is 8.49. The Labute approximate surface area is 73.5 Å². The van der Waals surface area contributed by atoms with Crippen LogP contribution >= 0.6 is 15.9 Å². The Morgan fingerprint density at radius 1 is 1.82 bits per heavy atom. The van der Waals surface area contributed by atoms with Crippen molar-refractivity contribution in [1.82, 2.24) is 9.78 Å². The fourth-order valence-electron chi connectivity index (χ4n) is 0.750. The molecule has 0 fully saturated rings. The highest BCUT2D eigenvalue weighted by molar-refractivity contribution is 9.11. The number of hydrogen-bond acceptors (Lipinski definition) is 2. The van der Waals surface area contributed by atoms with Gasteiger partial charge in [0.25, 0.3) is 0 Å². The Morgan fingerprint density at radius 3 is 3.00 bits per heavy atom. The van der Waals surface area contributed by atoms with Crippen LogP contribution in [0.3, 0.4) is 0 Å². The van der Waals surface area contributed by atoms with Crippen molar-refractivity contribution in [2.24, 2.45) is 0 Å². The van der Waals surface area contributed by atoms with Gasteiger partial charge in [-0.1, -0.05) is 22.5 Å². The van der Waals surface area contributed by atoms with Crippen molar-refractivity contribution in [2.45, 2.75) is 13.2 Å². The zero-order chi connectivity index (χ0) is 8.27. The van der Waals surface area contributed by atoms with E-state index in [2.05, 4.69) is 27.6 Å². The molecule has 0 aliphatic heterocycles. The third-order valence-corrected chi connectivity index (χ3v) is 1.45. The first-order chi connectivity index (χ1) is 5.22. The Bertz CT molecular complexity index is 257. The van der Waals surface area contributed by atoms with E-state index in [1.807, 2.05) is 0 Å². The molecule has 4 heteroatoms. The van der Waals surface area contributed by atoms with Crippen molar-refractivity contribution >= 4 is 15.9 Å². The maximum atomic E-state index is 8.70. The molecule has 11 heavy (non-hydrogen) atoms. The summed E-state index contributed by atoms with van der Waals surface area (Å²) in [5.41, 5.74) is 0.818. The highest BCUT2D eigenvalue weighted by atomic mass is 79.9. The van der Waals surface area contributed by atoms with E-state index in [1.54, 1.807) is 17.1 Å². The number of halogens is 1. The third-order valence-electron chi connectivity index (χ3n) is 1.20. The first-order valence-electron chi connectivity index (χ1n) is 3.18. The van der Waals surface area contributed by atoms with Crippen molar-refractivity contribution in [1.29, 1.82) is 0 Å². The molecule has 1 rings (SSSR count). The van der Waals surface area contributed by atoms with Crippen LogP contribution in [0.15, 0.2) is 23.5 Å². The predicted octanol–water partition coefficient (Wildman–Crippen LogP) is 1.28. The van der Waals surface area contributed by atoms with Gasteiger partial charge in [0, 0.05) is 16.2 Å². The lowest BCUT2D eigenvalue weighted by atomic mass is 10.4. The number of rotatable bonds is 3. The van der Waals surface area contributed by atoms with Gasteiger partial charge in [-0.25, -0.2) is 0 Å². The minimum absolute atomic E-state index is 0.0365. The van der Waals surface area contributed by atoms with E-state index >= 15 is 0 Å². The van der Waals surface area contributed by atoms with Gasteiger partial charge < -0.3 is 5.11 Å². The molecule has 0 aromatic carbocycles. The van der Waals surface area contributed by atoms with E-state index in [0.29, 0.717) is 6.54 Å². The molecule has 60 valence electrons. The predicted molar refractivity (Wildman–Crippen MR) is 46.2 cm³/mol. The molecule has 0 saturated carbocycles. The minimum atomic E-state index is 0.0365. The zero-order valence-electron chi connectivity index (χ0n) is 6.00. The highest BCUT2D eigenvalue weighted by Crippen LogP contribution is 2.05. The molecule has 0 saturated heterocycles. The molecule has 1 aromatic rings. The van der Waals surface area contributed by atoms with Crippen molar-refractivity contribution in [3.63, 3.8) is 0 Å². The fourth-order valence-corrected chi connectivity index (χ4v) is 1.01. The van der Waals surface area contributed by atoms with E-state index < -0.39 is 0 Å². The molecule has 0 bridgehead atoms. The highest BCUT2D eigenvalue weighted by Gasteiger charge is 1.96. The van der Waals surface area contributed by atoms with Crippen LogP contribution in [0.25, 0.3) is 0 Å². The number of nitrogens with zero attached hydrogens (tertiary/aromatic N) is 2. The molecule has 3 nitrogen and oxygen atoms in total. The van der Waals surface area contributed by atoms with Crippen LogP contribution in [0.5, 0.6) is 0 Å².